The van der Waals surface area contributed by atoms with Crippen LogP contribution in [0.15, 0.2) is 35.0 Å². The van der Waals surface area contributed by atoms with Gasteiger partial charge in [0.2, 0.25) is 0 Å². The Morgan fingerprint density at radius 2 is 2.27 bits per heavy atom. The molecule has 1 aromatic heterocycles. The number of hydrogen-bond donors (Lipinski definition) is 0. The van der Waals surface area contributed by atoms with Gasteiger partial charge in [-0.2, -0.15) is 11.3 Å². The molecule has 0 saturated carbocycles. The van der Waals surface area contributed by atoms with Crippen molar-refractivity contribution in [2.24, 2.45) is 0 Å². The second kappa shape index (κ2) is 3.47. The van der Waals surface area contributed by atoms with E-state index in [1.54, 1.807) is 17.4 Å². The van der Waals surface area contributed by atoms with Crippen LogP contribution in [0.2, 0.25) is 0 Å². The Morgan fingerprint density at radius 1 is 1.33 bits per heavy atom. The van der Waals surface area contributed by atoms with E-state index in [2.05, 4.69) is 5.38 Å². The fraction of sp³-hybridized carbons (Fsp3) is 0.0909. The van der Waals surface area contributed by atoms with E-state index in [9.17, 15) is 4.39 Å². The Hall–Kier alpha value is -1.13. The molecule has 0 saturated heterocycles. The highest BCUT2D eigenvalue weighted by molar-refractivity contribution is 7.09. The van der Waals surface area contributed by atoms with Gasteiger partial charge in [0.1, 0.15) is 5.82 Å². The van der Waals surface area contributed by atoms with Crippen molar-refractivity contribution < 1.29 is 9.04 Å². The van der Waals surface area contributed by atoms with Gasteiger partial charge in [0.05, 0.1) is 6.61 Å². The first-order valence-corrected chi connectivity index (χ1v) is 5.71. The molecule has 1 aliphatic heterocycles. The summed E-state index contributed by atoms with van der Waals surface area (Å²) in [4.78, 5) is 0. The molecule has 2 heterocycles. The van der Waals surface area contributed by atoms with Crippen LogP contribution in [-0.4, -0.2) is 6.92 Å². The van der Waals surface area contributed by atoms with Crippen LogP contribution in [0.5, 0.6) is 0 Å². The number of fused-ring (bicyclic) bond motifs is 1. The van der Waals surface area contributed by atoms with Gasteiger partial charge in [-0.05, 0) is 39.4 Å². The Labute approximate surface area is 91.6 Å². The largest absolute Gasteiger partial charge is 0.423 e. The lowest BCUT2D eigenvalue weighted by Crippen LogP contribution is -2.40. The fourth-order valence-electron chi connectivity index (χ4n) is 1.92. The molecule has 3 rings (SSSR count). The molecule has 74 valence electrons. The molecule has 0 aliphatic carbocycles. The van der Waals surface area contributed by atoms with Crippen molar-refractivity contribution in [1.29, 1.82) is 0 Å². The minimum atomic E-state index is -0.191. The molecule has 0 amide bonds. The average Bonchev–Trinajstić information content (AvgIpc) is 2.82. The smallest absolute Gasteiger partial charge is 0.363 e. The third kappa shape index (κ3) is 1.50. The molecular formula is C11H8BFOS. The van der Waals surface area contributed by atoms with Gasteiger partial charge in [-0.25, -0.2) is 4.39 Å². The molecule has 0 atom stereocenters. The van der Waals surface area contributed by atoms with Gasteiger partial charge in [0.25, 0.3) is 0 Å². The summed E-state index contributed by atoms with van der Waals surface area (Å²) in [6.07, 6.45) is 0. The number of halogens is 1. The van der Waals surface area contributed by atoms with Crippen molar-refractivity contribution in [2.45, 2.75) is 6.61 Å². The quantitative estimate of drug-likeness (QED) is 0.659. The molecule has 0 fully saturated rings. The fourth-order valence-corrected chi connectivity index (χ4v) is 2.59. The predicted octanol–water partition coefficient (Wildman–Crippen LogP) is 1.52. The predicted molar refractivity (Wildman–Crippen MR) is 60.5 cm³/mol. The Kier molecular flexibility index (Phi) is 2.11. The van der Waals surface area contributed by atoms with Crippen LogP contribution in [0.25, 0.3) is 0 Å². The zero-order valence-electron chi connectivity index (χ0n) is 7.94. The minimum Gasteiger partial charge on any atom is -0.423 e. The SMILES string of the molecule is Fc1ccc2c(c1)COB2c1ccsc1. The van der Waals surface area contributed by atoms with Crippen molar-refractivity contribution in [3.8, 4) is 0 Å². The lowest BCUT2D eigenvalue weighted by Gasteiger charge is -2.03. The normalized spacial score (nSPS) is 14.3. The Balaban J connectivity index is 2.05. The first kappa shape index (κ1) is 9.13. The van der Waals surface area contributed by atoms with Crippen molar-refractivity contribution >= 4 is 29.2 Å². The molecule has 0 radical (unpaired) electrons. The number of hydrogen-bond acceptors (Lipinski definition) is 2. The van der Waals surface area contributed by atoms with Gasteiger partial charge in [0.15, 0.2) is 0 Å². The first-order valence-electron chi connectivity index (χ1n) is 4.76. The molecule has 15 heavy (non-hydrogen) atoms. The van der Waals surface area contributed by atoms with Gasteiger partial charge in [0, 0.05) is 0 Å². The summed E-state index contributed by atoms with van der Waals surface area (Å²) in [6, 6.07) is 6.92. The highest BCUT2D eigenvalue weighted by Gasteiger charge is 2.30. The van der Waals surface area contributed by atoms with E-state index in [0.29, 0.717) is 6.61 Å². The molecule has 1 aromatic carbocycles. The van der Waals surface area contributed by atoms with Crippen LogP contribution in [0.4, 0.5) is 4.39 Å². The van der Waals surface area contributed by atoms with Crippen LogP contribution in [0.3, 0.4) is 0 Å². The average molecular weight is 218 g/mol. The van der Waals surface area contributed by atoms with E-state index in [0.717, 1.165) is 16.5 Å². The molecule has 0 unspecified atom stereocenters. The monoisotopic (exact) mass is 218 g/mol. The highest BCUT2D eigenvalue weighted by Crippen LogP contribution is 2.13. The van der Waals surface area contributed by atoms with Crippen LogP contribution in [-0.2, 0) is 11.3 Å². The maximum Gasteiger partial charge on any atom is 0.363 e. The second-order valence-electron chi connectivity index (χ2n) is 3.59. The zero-order chi connectivity index (χ0) is 10.3. The van der Waals surface area contributed by atoms with Crippen LogP contribution in [0, 0.1) is 5.82 Å². The number of benzene rings is 1. The van der Waals surface area contributed by atoms with Crippen molar-refractivity contribution in [3.63, 3.8) is 0 Å². The summed E-state index contributed by atoms with van der Waals surface area (Å²) in [5.41, 5.74) is 3.21. The number of thiophene rings is 1. The maximum absolute atomic E-state index is 13.0. The Morgan fingerprint density at radius 3 is 3.07 bits per heavy atom. The van der Waals surface area contributed by atoms with E-state index in [1.165, 1.54) is 6.07 Å². The summed E-state index contributed by atoms with van der Waals surface area (Å²) in [5.74, 6) is -0.191. The van der Waals surface area contributed by atoms with Gasteiger partial charge in [-0.15, -0.1) is 0 Å². The van der Waals surface area contributed by atoms with Crippen molar-refractivity contribution in [2.75, 3.05) is 0 Å². The summed E-state index contributed by atoms with van der Waals surface area (Å²) < 4.78 is 18.6. The molecular weight excluding hydrogens is 210 g/mol. The van der Waals surface area contributed by atoms with Gasteiger partial charge < -0.3 is 4.65 Å². The molecule has 0 N–H and O–H groups in total. The summed E-state index contributed by atoms with van der Waals surface area (Å²) in [5, 5.41) is 4.10. The topological polar surface area (TPSA) is 9.23 Å². The van der Waals surface area contributed by atoms with E-state index >= 15 is 0 Å². The van der Waals surface area contributed by atoms with Crippen LogP contribution >= 0.6 is 11.3 Å². The lowest BCUT2D eigenvalue weighted by molar-refractivity contribution is 0.336. The van der Waals surface area contributed by atoms with Gasteiger partial charge in [-0.1, -0.05) is 12.1 Å². The van der Waals surface area contributed by atoms with Crippen LogP contribution in [0.1, 0.15) is 5.56 Å². The third-order valence-electron chi connectivity index (χ3n) is 2.64. The second-order valence-corrected chi connectivity index (χ2v) is 4.37. The van der Waals surface area contributed by atoms with E-state index in [1.807, 2.05) is 17.5 Å². The van der Waals surface area contributed by atoms with Gasteiger partial charge in [-0.3, -0.25) is 0 Å². The molecule has 4 heteroatoms. The standard InChI is InChI=1S/C11H8BFOS/c13-10-1-2-11-8(5-10)6-14-12(11)9-3-4-15-7-9/h1-5,7H,6H2. The molecule has 2 aromatic rings. The van der Waals surface area contributed by atoms with Crippen LogP contribution < -0.4 is 10.9 Å². The lowest BCUT2D eigenvalue weighted by atomic mass is 9.57. The molecule has 0 spiro atoms. The van der Waals surface area contributed by atoms with Crippen molar-refractivity contribution in [3.05, 3.63) is 46.4 Å². The first-order chi connectivity index (χ1) is 7.34. The molecule has 1 aliphatic rings. The molecule has 1 nitrogen and oxygen atoms in total. The number of rotatable bonds is 1. The van der Waals surface area contributed by atoms with E-state index in [4.69, 9.17) is 4.65 Å². The van der Waals surface area contributed by atoms with Gasteiger partial charge >= 0.3 is 6.92 Å². The third-order valence-corrected chi connectivity index (χ3v) is 3.34. The van der Waals surface area contributed by atoms with Crippen molar-refractivity contribution in [1.82, 2.24) is 0 Å². The van der Waals surface area contributed by atoms with E-state index in [-0.39, 0.29) is 12.7 Å². The zero-order valence-corrected chi connectivity index (χ0v) is 8.76. The Bertz CT molecular complexity index is 483. The minimum absolute atomic E-state index is 0.00755. The molecule has 0 bridgehead atoms. The maximum atomic E-state index is 13.0. The summed E-state index contributed by atoms with van der Waals surface area (Å²) in [6.45, 7) is 0.500. The summed E-state index contributed by atoms with van der Waals surface area (Å²) >= 11 is 1.65. The highest BCUT2D eigenvalue weighted by atomic mass is 32.1. The summed E-state index contributed by atoms with van der Waals surface area (Å²) in [7, 11) is 0. The van der Waals surface area contributed by atoms with E-state index < -0.39 is 0 Å².